The Hall–Kier alpha value is -1.52. The second kappa shape index (κ2) is 5.00. The lowest BCUT2D eigenvalue weighted by Crippen LogP contribution is -2.16. The summed E-state index contributed by atoms with van der Waals surface area (Å²) in [6.45, 7) is 0. The minimum Gasteiger partial charge on any atom is -0.286 e. The Morgan fingerprint density at radius 2 is 1.89 bits per heavy atom. The summed E-state index contributed by atoms with van der Waals surface area (Å²) in [6, 6.07) is 5.16. The lowest BCUT2D eigenvalue weighted by atomic mass is 10.3. The van der Waals surface area contributed by atoms with E-state index in [4.69, 9.17) is 4.55 Å². The van der Waals surface area contributed by atoms with Crippen LogP contribution in [0.5, 0.6) is 0 Å². The summed E-state index contributed by atoms with van der Waals surface area (Å²) in [4.78, 5) is 9.19. The van der Waals surface area contributed by atoms with Crippen LogP contribution in [0.15, 0.2) is 23.1 Å². The fourth-order valence-corrected chi connectivity index (χ4v) is 3.54. The molecule has 0 aliphatic rings. The fraction of sp³-hybridized carbons (Fsp3) is 0.250. The van der Waals surface area contributed by atoms with Gasteiger partial charge in [0.2, 0.25) is 0 Å². The molecule has 0 bridgehead atoms. The van der Waals surface area contributed by atoms with Gasteiger partial charge in [0.25, 0.3) is 15.8 Å². The number of hydrogen-bond acceptors (Lipinski definition) is 6. The Bertz CT molecular complexity index is 662. The number of hydrogen-bond donors (Lipinski definition) is 1. The quantitative estimate of drug-likeness (QED) is 0.461. The van der Waals surface area contributed by atoms with Crippen LogP contribution < -0.4 is 0 Å². The van der Waals surface area contributed by atoms with E-state index >= 15 is 0 Å². The van der Waals surface area contributed by atoms with Crippen LogP contribution in [0, 0.1) is 16.2 Å². The standard InChI is InChI=1S/C8H8NO7S2/c10-9(11)7-2-1-3-8(6-7)17(12,13)4-5-18(14,15)16/h1-2,6H,4-5H2,(H,14,15,16). The summed E-state index contributed by atoms with van der Waals surface area (Å²) in [5, 5.41) is 10.5. The van der Waals surface area contributed by atoms with Crippen molar-refractivity contribution in [3.63, 3.8) is 0 Å². The van der Waals surface area contributed by atoms with Crippen LogP contribution in [0.1, 0.15) is 0 Å². The highest BCUT2D eigenvalue weighted by molar-refractivity contribution is 7.93. The molecular weight excluding hydrogens is 286 g/mol. The van der Waals surface area contributed by atoms with Crippen LogP contribution in [0.4, 0.5) is 5.69 Å². The van der Waals surface area contributed by atoms with Crippen molar-refractivity contribution in [2.75, 3.05) is 11.5 Å². The molecule has 99 valence electrons. The molecule has 18 heavy (non-hydrogen) atoms. The second-order valence-electron chi connectivity index (χ2n) is 3.27. The average molecular weight is 294 g/mol. The minimum absolute atomic E-state index is 0.445. The van der Waals surface area contributed by atoms with Gasteiger partial charge in [-0.1, -0.05) is 0 Å². The highest BCUT2D eigenvalue weighted by Gasteiger charge is 2.20. The lowest BCUT2D eigenvalue weighted by Gasteiger charge is -2.02. The summed E-state index contributed by atoms with van der Waals surface area (Å²) >= 11 is 0. The number of nitrogens with zero attached hydrogens (tertiary/aromatic N) is 1. The minimum atomic E-state index is -4.42. The summed E-state index contributed by atoms with van der Waals surface area (Å²) in [5.41, 5.74) is -0.445. The third-order valence-corrected chi connectivity index (χ3v) is 4.54. The largest absolute Gasteiger partial charge is 0.286 e. The van der Waals surface area contributed by atoms with Crippen molar-refractivity contribution in [3.8, 4) is 0 Å². The molecule has 1 aromatic rings. The van der Waals surface area contributed by atoms with Crippen LogP contribution in [-0.4, -0.2) is 37.8 Å². The van der Waals surface area contributed by atoms with Gasteiger partial charge in [-0.15, -0.1) is 0 Å². The molecule has 0 atom stereocenters. The van der Waals surface area contributed by atoms with E-state index in [9.17, 15) is 26.9 Å². The third kappa shape index (κ3) is 4.05. The van der Waals surface area contributed by atoms with Crippen molar-refractivity contribution in [2.24, 2.45) is 0 Å². The second-order valence-corrected chi connectivity index (χ2v) is 6.92. The first-order valence-electron chi connectivity index (χ1n) is 4.46. The van der Waals surface area contributed by atoms with E-state index in [1.54, 1.807) is 0 Å². The Morgan fingerprint density at radius 3 is 2.39 bits per heavy atom. The van der Waals surface area contributed by atoms with E-state index in [2.05, 4.69) is 6.07 Å². The first-order valence-corrected chi connectivity index (χ1v) is 7.72. The molecule has 0 saturated heterocycles. The molecule has 0 saturated carbocycles. The molecule has 0 aromatic heterocycles. The van der Waals surface area contributed by atoms with Crippen molar-refractivity contribution in [3.05, 3.63) is 34.4 Å². The Morgan fingerprint density at radius 1 is 1.28 bits per heavy atom. The summed E-state index contributed by atoms with van der Waals surface area (Å²) in [6.07, 6.45) is 0. The van der Waals surface area contributed by atoms with Gasteiger partial charge in [-0.2, -0.15) is 8.42 Å². The van der Waals surface area contributed by atoms with Gasteiger partial charge in [-0.25, -0.2) is 8.42 Å². The highest BCUT2D eigenvalue weighted by atomic mass is 32.2. The lowest BCUT2D eigenvalue weighted by molar-refractivity contribution is -0.385. The Balaban J connectivity index is 3.06. The van der Waals surface area contributed by atoms with Crippen molar-refractivity contribution in [1.82, 2.24) is 0 Å². The smallest absolute Gasteiger partial charge is 0.270 e. The van der Waals surface area contributed by atoms with Crippen molar-refractivity contribution >= 4 is 25.6 Å². The molecule has 0 fully saturated rings. The summed E-state index contributed by atoms with van der Waals surface area (Å²) in [7, 11) is -8.47. The zero-order valence-corrected chi connectivity index (χ0v) is 10.4. The first kappa shape index (κ1) is 14.5. The van der Waals surface area contributed by atoms with Crippen molar-refractivity contribution < 1.29 is 26.3 Å². The number of non-ortho nitro benzene ring substituents is 1. The van der Waals surface area contributed by atoms with Crippen LogP contribution in [0.25, 0.3) is 0 Å². The number of nitro groups is 1. The topological polar surface area (TPSA) is 132 Å². The molecule has 0 unspecified atom stereocenters. The SMILES string of the molecule is O=[N+]([O-])c1cc[c]c(S(=O)(=O)CCS(=O)(=O)O)c1. The van der Waals surface area contributed by atoms with E-state index in [0.717, 1.165) is 18.2 Å². The van der Waals surface area contributed by atoms with E-state index in [1.165, 1.54) is 0 Å². The molecule has 1 rings (SSSR count). The van der Waals surface area contributed by atoms with Crippen LogP contribution in [0.3, 0.4) is 0 Å². The molecular formula is C8H8NO7S2. The predicted octanol–water partition coefficient (Wildman–Crippen LogP) is 0.0565. The van der Waals surface area contributed by atoms with Gasteiger partial charge in [0.05, 0.1) is 21.3 Å². The van der Waals surface area contributed by atoms with E-state index in [1.807, 2.05) is 0 Å². The van der Waals surface area contributed by atoms with Crippen molar-refractivity contribution in [2.45, 2.75) is 4.90 Å². The van der Waals surface area contributed by atoms with Gasteiger partial charge >= 0.3 is 0 Å². The molecule has 0 spiro atoms. The Kier molecular flexibility index (Phi) is 4.04. The zero-order chi connectivity index (χ0) is 14.0. The van der Waals surface area contributed by atoms with Gasteiger partial charge in [0.1, 0.15) is 0 Å². The molecule has 0 amide bonds. The molecule has 1 aromatic carbocycles. The molecule has 0 aliphatic carbocycles. The molecule has 8 nitrogen and oxygen atoms in total. The molecule has 1 N–H and O–H groups in total. The zero-order valence-electron chi connectivity index (χ0n) is 8.81. The van der Waals surface area contributed by atoms with Crippen LogP contribution in [0.2, 0.25) is 0 Å². The summed E-state index contributed by atoms with van der Waals surface area (Å²) < 4.78 is 52.6. The monoisotopic (exact) mass is 294 g/mol. The number of benzene rings is 1. The maximum absolute atomic E-state index is 11.6. The van der Waals surface area contributed by atoms with Crippen LogP contribution in [-0.2, 0) is 20.0 Å². The molecule has 1 radical (unpaired) electrons. The third-order valence-electron chi connectivity index (χ3n) is 1.91. The number of nitro benzene ring substituents is 1. The molecule has 0 aliphatic heterocycles. The summed E-state index contributed by atoms with van der Waals surface area (Å²) in [5.74, 6) is -1.85. The first-order chi connectivity index (χ1) is 8.12. The van der Waals surface area contributed by atoms with E-state index in [0.29, 0.717) is 0 Å². The maximum atomic E-state index is 11.6. The van der Waals surface area contributed by atoms with Crippen molar-refractivity contribution in [1.29, 1.82) is 0 Å². The van der Waals surface area contributed by atoms with E-state index < -0.39 is 47.0 Å². The molecule has 10 heteroatoms. The maximum Gasteiger partial charge on any atom is 0.270 e. The predicted molar refractivity (Wildman–Crippen MR) is 60.4 cm³/mol. The highest BCUT2D eigenvalue weighted by Crippen LogP contribution is 2.18. The van der Waals surface area contributed by atoms with Gasteiger partial charge in [0, 0.05) is 18.2 Å². The van der Waals surface area contributed by atoms with Gasteiger partial charge in [0.15, 0.2) is 9.84 Å². The van der Waals surface area contributed by atoms with E-state index in [-0.39, 0.29) is 0 Å². The van der Waals surface area contributed by atoms with Gasteiger partial charge < -0.3 is 0 Å². The average Bonchev–Trinajstić information content (AvgIpc) is 2.26. The van der Waals surface area contributed by atoms with Gasteiger partial charge in [-0.3, -0.25) is 14.7 Å². The number of sulfone groups is 1. The normalized spacial score (nSPS) is 12.3. The fourth-order valence-electron chi connectivity index (χ4n) is 1.05. The Labute approximate surface area is 103 Å². The number of rotatable bonds is 5. The van der Waals surface area contributed by atoms with Gasteiger partial charge in [-0.05, 0) is 6.07 Å². The molecule has 0 heterocycles. The van der Waals surface area contributed by atoms with Crippen LogP contribution >= 0.6 is 0 Å².